The average Bonchev–Trinajstić information content (AvgIpc) is 2.59. The third-order valence-corrected chi connectivity index (χ3v) is 4.29. The molecule has 1 heterocycles. The Balaban J connectivity index is 2.32. The van der Waals surface area contributed by atoms with Crippen LogP contribution >= 0.6 is 11.6 Å². The molecule has 0 bridgehead atoms. The van der Waals surface area contributed by atoms with Gasteiger partial charge in [0.05, 0.1) is 6.61 Å². The van der Waals surface area contributed by atoms with Gasteiger partial charge < -0.3 is 15.8 Å². The van der Waals surface area contributed by atoms with Crippen molar-refractivity contribution in [2.45, 2.75) is 39.2 Å². The molecule has 0 aromatic heterocycles. The van der Waals surface area contributed by atoms with E-state index in [-0.39, 0.29) is 0 Å². The fraction of sp³-hybridized carbons (Fsp3) is 0.600. The van der Waals surface area contributed by atoms with Crippen molar-refractivity contribution in [1.29, 1.82) is 0 Å². The van der Waals surface area contributed by atoms with Gasteiger partial charge in [-0.15, -0.1) is 0 Å². The molecule has 2 rings (SSSR count). The smallest absolute Gasteiger partial charge is 0.124 e. The van der Waals surface area contributed by atoms with Crippen LogP contribution in [0.3, 0.4) is 0 Å². The summed E-state index contributed by atoms with van der Waals surface area (Å²) in [6.07, 6.45) is 3.13. The summed E-state index contributed by atoms with van der Waals surface area (Å²) < 4.78 is 5.88. The van der Waals surface area contributed by atoms with Crippen LogP contribution in [0.4, 0.5) is 0 Å². The fourth-order valence-electron chi connectivity index (χ4n) is 2.69. The van der Waals surface area contributed by atoms with Gasteiger partial charge in [0.2, 0.25) is 0 Å². The van der Waals surface area contributed by atoms with Gasteiger partial charge in [-0.25, -0.2) is 0 Å². The highest BCUT2D eigenvalue weighted by Crippen LogP contribution is 2.39. The quantitative estimate of drug-likeness (QED) is 0.834. The second-order valence-electron chi connectivity index (χ2n) is 5.18. The zero-order valence-corrected chi connectivity index (χ0v) is 12.5. The second kappa shape index (κ2) is 6.60. The van der Waals surface area contributed by atoms with Crippen molar-refractivity contribution in [2.24, 2.45) is 5.73 Å². The normalized spacial score (nSPS) is 18.6. The first-order valence-corrected chi connectivity index (χ1v) is 7.38. The van der Waals surface area contributed by atoms with Gasteiger partial charge in [0.25, 0.3) is 0 Å². The number of rotatable bonds is 4. The Hall–Kier alpha value is -0.770. The Morgan fingerprint density at radius 1 is 1.47 bits per heavy atom. The lowest BCUT2D eigenvalue weighted by Gasteiger charge is -2.22. The summed E-state index contributed by atoms with van der Waals surface area (Å²) in [5.41, 5.74) is 9.01. The van der Waals surface area contributed by atoms with Crippen LogP contribution in [0.1, 0.15) is 42.0 Å². The molecule has 0 spiro atoms. The van der Waals surface area contributed by atoms with Crippen LogP contribution < -0.4 is 15.8 Å². The lowest BCUT2D eigenvalue weighted by molar-refractivity contribution is 0.315. The number of hydrogen-bond donors (Lipinski definition) is 2. The number of halogens is 1. The molecular formula is C15H23ClN2O. The van der Waals surface area contributed by atoms with E-state index in [0.717, 1.165) is 60.9 Å². The van der Waals surface area contributed by atoms with Crippen molar-refractivity contribution in [3.05, 3.63) is 27.8 Å². The summed E-state index contributed by atoms with van der Waals surface area (Å²) in [5, 5.41) is 4.44. The molecule has 0 amide bonds. The molecule has 1 aliphatic rings. The summed E-state index contributed by atoms with van der Waals surface area (Å²) in [5.74, 6) is 0.988. The minimum atomic E-state index is 0.321. The molecule has 0 radical (unpaired) electrons. The summed E-state index contributed by atoms with van der Waals surface area (Å²) in [7, 11) is 0. The summed E-state index contributed by atoms with van der Waals surface area (Å²) >= 11 is 6.39. The molecule has 106 valence electrons. The van der Waals surface area contributed by atoms with E-state index < -0.39 is 0 Å². The predicted molar refractivity (Wildman–Crippen MR) is 80.1 cm³/mol. The molecule has 3 N–H and O–H groups in total. The van der Waals surface area contributed by atoms with Crippen LogP contribution in [-0.2, 0) is 0 Å². The summed E-state index contributed by atoms with van der Waals surface area (Å²) in [6.45, 7) is 6.55. The van der Waals surface area contributed by atoms with Gasteiger partial charge >= 0.3 is 0 Å². The SMILES string of the molecule is Cc1cc2c(c(C)c1Cl)C(NCCCN)CCCO2. The molecule has 0 saturated heterocycles. The third-order valence-electron chi connectivity index (χ3n) is 3.71. The van der Waals surface area contributed by atoms with Gasteiger partial charge in [-0.1, -0.05) is 11.6 Å². The van der Waals surface area contributed by atoms with Gasteiger partial charge in [-0.2, -0.15) is 0 Å². The monoisotopic (exact) mass is 282 g/mol. The molecule has 1 aromatic rings. The van der Waals surface area contributed by atoms with Gasteiger partial charge in [-0.3, -0.25) is 0 Å². The van der Waals surface area contributed by atoms with Crippen LogP contribution in [0.15, 0.2) is 6.07 Å². The first-order chi connectivity index (χ1) is 9.15. The number of nitrogens with one attached hydrogen (secondary N) is 1. The maximum atomic E-state index is 6.39. The van der Waals surface area contributed by atoms with Crippen molar-refractivity contribution >= 4 is 11.6 Å². The number of benzene rings is 1. The topological polar surface area (TPSA) is 47.3 Å². The van der Waals surface area contributed by atoms with E-state index in [9.17, 15) is 0 Å². The lowest BCUT2D eigenvalue weighted by Crippen LogP contribution is -2.24. The fourth-order valence-corrected chi connectivity index (χ4v) is 2.84. The Morgan fingerprint density at radius 2 is 2.26 bits per heavy atom. The highest BCUT2D eigenvalue weighted by molar-refractivity contribution is 6.32. The number of nitrogens with two attached hydrogens (primary N) is 1. The highest BCUT2D eigenvalue weighted by Gasteiger charge is 2.23. The maximum Gasteiger partial charge on any atom is 0.124 e. The third kappa shape index (κ3) is 3.22. The van der Waals surface area contributed by atoms with Crippen LogP contribution in [0.25, 0.3) is 0 Å². The van der Waals surface area contributed by atoms with Crippen molar-refractivity contribution in [1.82, 2.24) is 5.32 Å². The van der Waals surface area contributed by atoms with Crippen molar-refractivity contribution < 1.29 is 4.74 Å². The molecule has 3 nitrogen and oxygen atoms in total. The van der Waals surface area contributed by atoms with Gasteiger partial charge in [-0.05, 0) is 63.4 Å². The molecule has 1 unspecified atom stereocenters. The van der Waals surface area contributed by atoms with Crippen molar-refractivity contribution in [3.8, 4) is 5.75 Å². The number of hydrogen-bond acceptors (Lipinski definition) is 3. The van der Waals surface area contributed by atoms with Gasteiger partial charge in [0.1, 0.15) is 5.75 Å². The lowest BCUT2D eigenvalue weighted by atomic mass is 9.95. The molecule has 1 aromatic carbocycles. The Bertz CT molecular complexity index is 448. The second-order valence-corrected chi connectivity index (χ2v) is 5.56. The molecule has 1 atom stereocenters. The summed E-state index contributed by atoms with van der Waals surface area (Å²) in [6, 6.07) is 2.38. The van der Waals surface area contributed by atoms with Crippen molar-refractivity contribution in [2.75, 3.05) is 19.7 Å². The Kier molecular flexibility index (Phi) is 5.08. The minimum Gasteiger partial charge on any atom is -0.493 e. The first kappa shape index (κ1) is 14.6. The maximum absolute atomic E-state index is 6.39. The molecule has 1 aliphatic heterocycles. The van der Waals surface area contributed by atoms with Gasteiger partial charge in [0.15, 0.2) is 0 Å². The van der Waals surface area contributed by atoms with Crippen LogP contribution in [0.5, 0.6) is 5.75 Å². The van der Waals surface area contributed by atoms with E-state index in [2.05, 4.69) is 18.3 Å². The van der Waals surface area contributed by atoms with Crippen LogP contribution in [-0.4, -0.2) is 19.7 Å². The van der Waals surface area contributed by atoms with E-state index in [4.69, 9.17) is 22.1 Å². The molecule has 19 heavy (non-hydrogen) atoms. The molecular weight excluding hydrogens is 260 g/mol. The Morgan fingerprint density at radius 3 is 3.00 bits per heavy atom. The largest absolute Gasteiger partial charge is 0.493 e. The standard InChI is InChI=1S/C15H23ClN2O/c1-10-9-13-14(11(2)15(10)16)12(5-3-8-19-13)18-7-4-6-17/h9,12,18H,3-8,17H2,1-2H3. The molecule has 0 aliphatic carbocycles. The van der Waals surface area contributed by atoms with E-state index in [1.165, 1.54) is 5.56 Å². The minimum absolute atomic E-state index is 0.321. The summed E-state index contributed by atoms with van der Waals surface area (Å²) in [4.78, 5) is 0. The number of ether oxygens (including phenoxy) is 1. The highest BCUT2D eigenvalue weighted by atomic mass is 35.5. The van der Waals surface area contributed by atoms with Crippen LogP contribution in [0, 0.1) is 13.8 Å². The molecule has 0 fully saturated rings. The first-order valence-electron chi connectivity index (χ1n) is 7.01. The number of aryl methyl sites for hydroxylation is 1. The van der Waals surface area contributed by atoms with E-state index >= 15 is 0 Å². The average molecular weight is 283 g/mol. The van der Waals surface area contributed by atoms with E-state index in [1.54, 1.807) is 0 Å². The number of fused-ring (bicyclic) bond motifs is 1. The van der Waals surface area contributed by atoms with E-state index in [1.807, 2.05) is 6.92 Å². The molecule has 4 heteroatoms. The van der Waals surface area contributed by atoms with Gasteiger partial charge in [0, 0.05) is 16.6 Å². The van der Waals surface area contributed by atoms with Crippen molar-refractivity contribution in [3.63, 3.8) is 0 Å². The van der Waals surface area contributed by atoms with Crippen LogP contribution in [0.2, 0.25) is 5.02 Å². The zero-order valence-electron chi connectivity index (χ0n) is 11.8. The predicted octanol–water partition coefficient (Wildman–Crippen LogP) is 3.11. The molecule has 0 saturated carbocycles. The Labute approximate surface area is 120 Å². The van der Waals surface area contributed by atoms with E-state index in [0.29, 0.717) is 6.04 Å². The zero-order chi connectivity index (χ0) is 13.8.